The number of rotatable bonds is 7. The van der Waals surface area contributed by atoms with E-state index in [1.54, 1.807) is 0 Å². The molecule has 2 rings (SSSR count). The molecule has 1 fully saturated rings. The van der Waals surface area contributed by atoms with Crippen molar-refractivity contribution in [2.24, 2.45) is 0 Å². The van der Waals surface area contributed by atoms with Crippen LogP contribution in [0, 0.1) is 0 Å². The van der Waals surface area contributed by atoms with Gasteiger partial charge in [-0.15, -0.1) is 0 Å². The molecule has 1 saturated carbocycles. The van der Waals surface area contributed by atoms with E-state index in [2.05, 4.69) is 28.0 Å². The molecule has 0 aromatic carbocycles. The Hall–Kier alpha value is -0.870. The topological polar surface area (TPSA) is 39.1 Å². The van der Waals surface area contributed by atoms with E-state index in [-0.39, 0.29) is 5.60 Å². The SMILES string of the molecule is CCCn1ccnc1CNCC1(OC)CCC1. The molecule has 4 heteroatoms. The molecule has 4 nitrogen and oxygen atoms in total. The van der Waals surface area contributed by atoms with Gasteiger partial charge >= 0.3 is 0 Å². The van der Waals surface area contributed by atoms with Gasteiger partial charge in [-0.3, -0.25) is 0 Å². The third-order valence-electron chi connectivity index (χ3n) is 3.69. The molecule has 0 saturated heterocycles. The third-order valence-corrected chi connectivity index (χ3v) is 3.69. The predicted molar refractivity (Wildman–Crippen MR) is 67.8 cm³/mol. The van der Waals surface area contributed by atoms with Crippen LogP contribution in [0.15, 0.2) is 12.4 Å². The molecular formula is C13H23N3O. The average molecular weight is 237 g/mol. The van der Waals surface area contributed by atoms with Gasteiger partial charge in [-0.25, -0.2) is 4.98 Å². The van der Waals surface area contributed by atoms with E-state index < -0.39 is 0 Å². The molecule has 0 unspecified atom stereocenters. The molecule has 96 valence electrons. The van der Waals surface area contributed by atoms with Crippen molar-refractivity contribution in [3.63, 3.8) is 0 Å². The van der Waals surface area contributed by atoms with Gasteiger partial charge in [0.2, 0.25) is 0 Å². The van der Waals surface area contributed by atoms with Gasteiger partial charge < -0.3 is 14.6 Å². The molecule has 0 bridgehead atoms. The second-order valence-electron chi connectivity index (χ2n) is 4.88. The standard InChI is InChI=1S/C13H23N3O/c1-3-8-16-9-7-15-12(16)10-14-11-13(17-2)5-4-6-13/h7,9,14H,3-6,8,10-11H2,1-2H3. The Balaban J connectivity index is 1.79. The van der Waals surface area contributed by atoms with Crippen molar-refractivity contribution in [3.05, 3.63) is 18.2 Å². The van der Waals surface area contributed by atoms with Gasteiger partial charge in [0.1, 0.15) is 5.82 Å². The highest BCUT2D eigenvalue weighted by atomic mass is 16.5. The Labute approximate surface area is 103 Å². The fourth-order valence-corrected chi connectivity index (χ4v) is 2.38. The fraction of sp³-hybridized carbons (Fsp3) is 0.769. The zero-order valence-corrected chi connectivity index (χ0v) is 10.9. The average Bonchev–Trinajstić information content (AvgIpc) is 2.71. The zero-order chi connectivity index (χ0) is 12.1. The summed E-state index contributed by atoms with van der Waals surface area (Å²) in [6, 6.07) is 0. The number of ether oxygens (including phenoxy) is 1. The summed E-state index contributed by atoms with van der Waals surface area (Å²) in [6.45, 7) is 5.00. The lowest BCUT2D eigenvalue weighted by Crippen LogP contribution is -2.47. The maximum Gasteiger partial charge on any atom is 0.122 e. The second-order valence-corrected chi connectivity index (χ2v) is 4.88. The number of nitrogens with zero attached hydrogens (tertiary/aromatic N) is 2. The first kappa shape index (κ1) is 12.6. The molecule has 1 aromatic heterocycles. The van der Waals surface area contributed by atoms with E-state index >= 15 is 0 Å². The van der Waals surface area contributed by atoms with E-state index in [1.165, 1.54) is 19.3 Å². The fourth-order valence-electron chi connectivity index (χ4n) is 2.38. The van der Waals surface area contributed by atoms with Crippen LogP contribution >= 0.6 is 0 Å². The van der Waals surface area contributed by atoms with Crippen LogP contribution in [-0.2, 0) is 17.8 Å². The maximum atomic E-state index is 5.58. The summed E-state index contributed by atoms with van der Waals surface area (Å²) >= 11 is 0. The van der Waals surface area contributed by atoms with Crippen molar-refractivity contribution >= 4 is 0 Å². The number of imidazole rings is 1. The highest BCUT2D eigenvalue weighted by Gasteiger charge is 2.36. The Kier molecular flexibility index (Phi) is 4.18. The first-order valence-electron chi connectivity index (χ1n) is 6.55. The van der Waals surface area contributed by atoms with Crippen molar-refractivity contribution in [1.29, 1.82) is 0 Å². The largest absolute Gasteiger partial charge is 0.377 e. The quantitative estimate of drug-likeness (QED) is 0.788. The minimum absolute atomic E-state index is 0.0994. The van der Waals surface area contributed by atoms with Gasteiger partial charge in [-0.2, -0.15) is 0 Å². The highest BCUT2D eigenvalue weighted by molar-refractivity contribution is 4.95. The molecule has 1 aliphatic carbocycles. The van der Waals surface area contributed by atoms with E-state index in [1.807, 2.05) is 13.3 Å². The lowest BCUT2D eigenvalue weighted by Gasteiger charge is -2.40. The Morgan fingerprint density at radius 2 is 2.35 bits per heavy atom. The summed E-state index contributed by atoms with van der Waals surface area (Å²) in [5.41, 5.74) is 0.0994. The molecule has 0 radical (unpaired) electrons. The molecule has 1 aromatic rings. The van der Waals surface area contributed by atoms with Crippen LogP contribution in [0.4, 0.5) is 0 Å². The summed E-state index contributed by atoms with van der Waals surface area (Å²) in [5, 5.41) is 3.47. The number of hydrogen-bond acceptors (Lipinski definition) is 3. The molecule has 1 N–H and O–H groups in total. The normalized spacial score (nSPS) is 18.0. The molecule has 0 spiro atoms. The summed E-state index contributed by atoms with van der Waals surface area (Å²) < 4.78 is 7.80. The number of hydrogen-bond donors (Lipinski definition) is 1. The Morgan fingerprint density at radius 3 is 2.94 bits per heavy atom. The van der Waals surface area contributed by atoms with Crippen molar-refractivity contribution in [2.75, 3.05) is 13.7 Å². The minimum atomic E-state index is 0.0994. The molecule has 1 heterocycles. The Bertz CT molecular complexity index is 339. The van der Waals surface area contributed by atoms with Crippen molar-refractivity contribution < 1.29 is 4.74 Å². The van der Waals surface area contributed by atoms with E-state index in [4.69, 9.17) is 4.74 Å². The van der Waals surface area contributed by atoms with E-state index in [9.17, 15) is 0 Å². The van der Waals surface area contributed by atoms with Gasteiger partial charge in [0.05, 0.1) is 12.1 Å². The van der Waals surface area contributed by atoms with Gasteiger partial charge in [0.25, 0.3) is 0 Å². The molecule has 0 atom stereocenters. The van der Waals surface area contributed by atoms with Crippen molar-refractivity contribution in [3.8, 4) is 0 Å². The lowest BCUT2D eigenvalue weighted by atomic mass is 9.80. The highest BCUT2D eigenvalue weighted by Crippen LogP contribution is 2.34. The number of aryl methyl sites for hydroxylation is 1. The van der Waals surface area contributed by atoms with Gasteiger partial charge in [0.15, 0.2) is 0 Å². The van der Waals surface area contributed by atoms with Crippen LogP contribution in [0.3, 0.4) is 0 Å². The Morgan fingerprint density at radius 1 is 1.53 bits per heavy atom. The van der Waals surface area contributed by atoms with Gasteiger partial charge in [0, 0.05) is 32.6 Å². The zero-order valence-electron chi connectivity index (χ0n) is 10.9. The molecule has 0 amide bonds. The predicted octanol–water partition coefficient (Wildman–Crippen LogP) is 1.95. The summed E-state index contributed by atoms with van der Waals surface area (Å²) in [6.07, 6.45) is 8.73. The first-order chi connectivity index (χ1) is 8.29. The van der Waals surface area contributed by atoms with Crippen molar-refractivity contribution in [1.82, 2.24) is 14.9 Å². The molecule has 1 aliphatic rings. The second kappa shape index (κ2) is 5.65. The monoisotopic (exact) mass is 237 g/mol. The van der Waals surface area contributed by atoms with Crippen LogP contribution in [0.2, 0.25) is 0 Å². The van der Waals surface area contributed by atoms with Crippen molar-refractivity contribution in [2.45, 2.75) is 51.3 Å². The minimum Gasteiger partial charge on any atom is -0.377 e. The number of nitrogens with one attached hydrogen (secondary N) is 1. The summed E-state index contributed by atoms with van der Waals surface area (Å²) in [7, 11) is 1.82. The van der Waals surface area contributed by atoms with E-state index in [0.717, 1.165) is 31.9 Å². The number of aromatic nitrogens is 2. The van der Waals surface area contributed by atoms with Crippen LogP contribution in [0.5, 0.6) is 0 Å². The molecular weight excluding hydrogens is 214 g/mol. The third kappa shape index (κ3) is 2.87. The first-order valence-corrected chi connectivity index (χ1v) is 6.55. The lowest BCUT2D eigenvalue weighted by molar-refractivity contribution is -0.0696. The van der Waals surface area contributed by atoms with Crippen LogP contribution in [0.25, 0.3) is 0 Å². The summed E-state index contributed by atoms with van der Waals surface area (Å²) in [4.78, 5) is 4.38. The van der Waals surface area contributed by atoms with Crippen LogP contribution < -0.4 is 5.32 Å². The van der Waals surface area contributed by atoms with Crippen LogP contribution in [0.1, 0.15) is 38.4 Å². The summed E-state index contributed by atoms with van der Waals surface area (Å²) in [5.74, 6) is 1.12. The van der Waals surface area contributed by atoms with Gasteiger partial charge in [-0.05, 0) is 25.7 Å². The van der Waals surface area contributed by atoms with Gasteiger partial charge in [-0.1, -0.05) is 6.92 Å². The maximum absolute atomic E-state index is 5.58. The van der Waals surface area contributed by atoms with Crippen LogP contribution in [-0.4, -0.2) is 28.8 Å². The van der Waals surface area contributed by atoms with E-state index in [0.29, 0.717) is 0 Å². The molecule has 0 aliphatic heterocycles. The number of methoxy groups -OCH3 is 1. The molecule has 17 heavy (non-hydrogen) atoms. The smallest absolute Gasteiger partial charge is 0.122 e.